The van der Waals surface area contributed by atoms with Crippen molar-refractivity contribution < 1.29 is 8.42 Å². The first-order chi connectivity index (χ1) is 10.4. The van der Waals surface area contributed by atoms with E-state index in [-0.39, 0.29) is 11.8 Å². The van der Waals surface area contributed by atoms with E-state index in [1.165, 1.54) is 11.5 Å². The fourth-order valence-corrected chi connectivity index (χ4v) is 4.08. The van der Waals surface area contributed by atoms with Crippen molar-refractivity contribution in [3.05, 3.63) is 41.2 Å². The summed E-state index contributed by atoms with van der Waals surface area (Å²) in [5, 5.41) is 3.91. The molecular weight excluding hydrogens is 320 g/mol. The van der Waals surface area contributed by atoms with Gasteiger partial charge in [-0.15, -0.1) is 0 Å². The number of hydrogen-bond donors (Lipinski definition) is 2. The first-order valence-electron chi connectivity index (χ1n) is 6.97. The molecule has 0 saturated carbocycles. The molecule has 2 rings (SSSR count). The lowest BCUT2D eigenvalue weighted by atomic mass is 10.1. The standard InChI is InChI=1S/C14H20N4O2S2/c1-10(2)18-22(19,20)9-13-7-5-4-6-12(13)8-15-14-16-11(3)17-21-14/h4-7,10,18H,8-9H2,1-3H3,(H,15,16,17). The Bertz CT molecular complexity index is 726. The highest BCUT2D eigenvalue weighted by Crippen LogP contribution is 2.16. The minimum Gasteiger partial charge on any atom is -0.356 e. The van der Waals surface area contributed by atoms with Gasteiger partial charge < -0.3 is 5.32 Å². The molecule has 6 nitrogen and oxygen atoms in total. The van der Waals surface area contributed by atoms with Gasteiger partial charge in [0.15, 0.2) is 0 Å². The van der Waals surface area contributed by atoms with E-state index >= 15 is 0 Å². The lowest BCUT2D eigenvalue weighted by molar-refractivity contribution is 0.569. The van der Waals surface area contributed by atoms with E-state index in [4.69, 9.17) is 0 Å². The minimum atomic E-state index is -3.34. The molecule has 0 fully saturated rings. The number of aryl methyl sites for hydroxylation is 1. The van der Waals surface area contributed by atoms with Gasteiger partial charge in [0.1, 0.15) is 5.82 Å². The molecule has 0 bridgehead atoms. The Kier molecular flexibility index (Phi) is 5.49. The van der Waals surface area contributed by atoms with Crippen LogP contribution in [-0.4, -0.2) is 23.8 Å². The van der Waals surface area contributed by atoms with E-state index in [1.807, 2.05) is 45.0 Å². The second kappa shape index (κ2) is 7.17. The van der Waals surface area contributed by atoms with Crippen LogP contribution in [0.15, 0.2) is 24.3 Å². The Morgan fingerprint density at radius 1 is 1.23 bits per heavy atom. The molecule has 2 aromatic rings. The number of hydrogen-bond acceptors (Lipinski definition) is 6. The smallest absolute Gasteiger partial charge is 0.216 e. The molecule has 0 aliphatic heterocycles. The summed E-state index contributed by atoms with van der Waals surface area (Å²) in [6.45, 7) is 5.97. The van der Waals surface area contributed by atoms with E-state index < -0.39 is 10.0 Å². The van der Waals surface area contributed by atoms with Gasteiger partial charge in [-0.25, -0.2) is 18.1 Å². The Hall–Kier alpha value is -1.51. The topological polar surface area (TPSA) is 84.0 Å². The normalized spacial score (nSPS) is 11.8. The highest BCUT2D eigenvalue weighted by atomic mass is 32.2. The zero-order valence-corrected chi connectivity index (χ0v) is 14.5. The maximum atomic E-state index is 12.1. The predicted octanol–water partition coefficient (Wildman–Crippen LogP) is 2.29. The van der Waals surface area contributed by atoms with Gasteiger partial charge in [0.05, 0.1) is 5.75 Å². The van der Waals surface area contributed by atoms with Crippen LogP contribution in [0.1, 0.15) is 30.8 Å². The molecule has 1 aromatic heterocycles. The Labute approximate surface area is 135 Å². The number of anilines is 1. The van der Waals surface area contributed by atoms with Gasteiger partial charge in [-0.1, -0.05) is 24.3 Å². The van der Waals surface area contributed by atoms with Crippen molar-refractivity contribution in [2.45, 2.75) is 39.1 Å². The number of aromatic nitrogens is 2. The molecule has 0 amide bonds. The molecule has 0 saturated heterocycles. The first kappa shape index (κ1) is 16.9. The van der Waals surface area contributed by atoms with Crippen molar-refractivity contribution in [1.82, 2.24) is 14.1 Å². The monoisotopic (exact) mass is 340 g/mol. The van der Waals surface area contributed by atoms with Crippen LogP contribution in [-0.2, 0) is 22.3 Å². The fourth-order valence-electron chi connectivity index (χ4n) is 2.02. The van der Waals surface area contributed by atoms with Crippen LogP contribution < -0.4 is 10.0 Å². The summed E-state index contributed by atoms with van der Waals surface area (Å²) in [5.74, 6) is 0.697. The molecule has 22 heavy (non-hydrogen) atoms. The van der Waals surface area contributed by atoms with Crippen LogP contribution in [0.5, 0.6) is 0 Å². The van der Waals surface area contributed by atoms with E-state index in [0.29, 0.717) is 6.54 Å². The zero-order valence-electron chi connectivity index (χ0n) is 12.8. The first-order valence-corrected chi connectivity index (χ1v) is 9.39. The molecule has 0 atom stereocenters. The fraction of sp³-hybridized carbons (Fsp3) is 0.429. The van der Waals surface area contributed by atoms with Gasteiger partial charge in [0.2, 0.25) is 15.2 Å². The van der Waals surface area contributed by atoms with Crippen LogP contribution in [0.2, 0.25) is 0 Å². The van der Waals surface area contributed by atoms with E-state index in [9.17, 15) is 8.42 Å². The van der Waals surface area contributed by atoms with Crippen LogP contribution in [0.3, 0.4) is 0 Å². The third kappa shape index (κ3) is 5.04. The molecule has 0 unspecified atom stereocenters. The van der Waals surface area contributed by atoms with Gasteiger partial charge in [-0.3, -0.25) is 0 Å². The van der Waals surface area contributed by atoms with E-state index in [0.717, 1.165) is 22.1 Å². The molecule has 1 heterocycles. The molecule has 2 N–H and O–H groups in total. The van der Waals surface area contributed by atoms with E-state index in [2.05, 4.69) is 19.4 Å². The summed E-state index contributed by atoms with van der Waals surface area (Å²) in [4.78, 5) is 4.24. The van der Waals surface area contributed by atoms with Crippen LogP contribution >= 0.6 is 11.5 Å². The average Bonchev–Trinajstić information content (AvgIpc) is 2.81. The van der Waals surface area contributed by atoms with Gasteiger partial charge in [-0.05, 0) is 31.9 Å². The minimum absolute atomic E-state index is 0.0296. The van der Waals surface area contributed by atoms with Crippen LogP contribution in [0.4, 0.5) is 5.13 Å². The Morgan fingerprint density at radius 3 is 2.50 bits per heavy atom. The molecular formula is C14H20N4O2S2. The van der Waals surface area contributed by atoms with Crippen molar-refractivity contribution in [2.24, 2.45) is 0 Å². The molecule has 0 aliphatic rings. The second-order valence-electron chi connectivity index (χ2n) is 5.30. The number of sulfonamides is 1. The highest BCUT2D eigenvalue weighted by Gasteiger charge is 2.15. The summed E-state index contributed by atoms with van der Waals surface area (Å²) in [7, 11) is -3.34. The molecule has 0 aliphatic carbocycles. The molecule has 8 heteroatoms. The second-order valence-corrected chi connectivity index (χ2v) is 7.81. The number of benzene rings is 1. The third-order valence-electron chi connectivity index (χ3n) is 2.84. The van der Waals surface area contributed by atoms with E-state index in [1.54, 1.807) is 0 Å². The summed E-state index contributed by atoms with van der Waals surface area (Å²) < 4.78 is 30.9. The summed E-state index contributed by atoms with van der Waals surface area (Å²) >= 11 is 1.29. The van der Waals surface area contributed by atoms with Crippen LogP contribution in [0.25, 0.3) is 0 Å². The van der Waals surface area contributed by atoms with Crippen molar-refractivity contribution in [2.75, 3.05) is 5.32 Å². The average molecular weight is 340 g/mol. The summed E-state index contributed by atoms with van der Waals surface area (Å²) in [6.07, 6.45) is 0. The number of nitrogens with zero attached hydrogens (tertiary/aromatic N) is 2. The van der Waals surface area contributed by atoms with Gasteiger partial charge in [-0.2, -0.15) is 4.37 Å². The van der Waals surface area contributed by atoms with Gasteiger partial charge >= 0.3 is 0 Å². The number of nitrogens with one attached hydrogen (secondary N) is 2. The highest BCUT2D eigenvalue weighted by molar-refractivity contribution is 7.88. The summed E-state index contributed by atoms with van der Waals surface area (Å²) in [6, 6.07) is 7.38. The van der Waals surface area contributed by atoms with Crippen molar-refractivity contribution in [3.63, 3.8) is 0 Å². The number of rotatable bonds is 7. The lowest BCUT2D eigenvalue weighted by Gasteiger charge is -2.13. The SMILES string of the molecule is Cc1nsc(NCc2ccccc2CS(=O)(=O)NC(C)C)n1. The van der Waals surface area contributed by atoms with Crippen LogP contribution in [0, 0.1) is 6.92 Å². The third-order valence-corrected chi connectivity index (χ3v) is 5.12. The predicted molar refractivity (Wildman–Crippen MR) is 89.3 cm³/mol. The molecule has 120 valence electrons. The quantitative estimate of drug-likeness (QED) is 0.808. The largest absolute Gasteiger partial charge is 0.356 e. The maximum Gasteiger partial charge on any atom is 0.216 e. The van der Waals surface area contributed by atoms with Gasteiger partial charge in [0.25, 0.3) is 0 Å². The van der Waals surface area contributed by atoms with Crippen molar-refractivity contribution >= 4 is 26.7 Å². The Morgan fingerprint density at radius 2 is 1.91 bits per heavy atom. The van der Waals surface area contributed by atoms with Gasteiger partial charge in [0, 0.05) is 24.1 Å². The van der Waals surface area contributed by atoms with Crippen molar-refractivity contribution in [1.29, 1.82) is 0 Å². The zero-order chi connectivity index (χ0) is 16.2. The Balaban J connectivity index is 2.09. The molecule has 0 spiro atoms. The molecule has 1 aromatic carbocycles. The summed E-state index contributed by atoms with van der Waals surface area (Å²) in [5.41, 5.74) is 1.72. The van der Waals surface area contributed by atoms with Crippen molar-refractivity contribution in [3.8, 4) is 0 Å². The molecule has 0 radical (unpaired) electrons. The maximum absolute atomic E-state index is 12.1. The lowest BCUT2D eigenvalue weighted by Crippen LogP contribution is -2.31.